The van der Waals surface area contributed by atoms with Gasteiger partial charge >= 0.3 is 0 Å². The smallest absolute Gasteiger partial charge is 0.225 e. The summed E-state index contributed by atoms with van der Waals surface area (Å²) < 4.78 is 0. The van der Waals surface area contributed by atoms with Crippen molar-refractivity contribution in [3.8, 4) is 11.3 Å². The molecule has 6 heteroatoms. The maximum absolute atomic E-state index is 4.68. The first-order chi connectivity index (χ1) is 13.5. The fraction of sp³-hybridized carbons (Fsp3) is 0.318. The average molecular weight is 377 g/mol. The van der Waals surface area contributed by atoms with Crippen LogP contribution >= 0.6 is 0 Å². The van der Waals surface area contributed by atoms with Gasteiger partial charge in [-0.05, 0) is 76.3 Å². The van der Waals surface area contributed by atoms with Gasteiger partial charge < -0.3 is 15.5 Å². The normalized spacial score (nSPS) is 10.9. The van der Waals surface area contributed by atoms with E-state index in [1.807, 2.05) is 24.4 Å². The van der Waals surface area contributed by atoms with Gasteiger partial charge in [0.05, 0.1) is 5.69 Å². The van der Waals surface area contributed by atoms with E-state index in [1.54, 1.807) is 6.20 Å². The second-order valence-electron chi connectivity index (χ2n) is 7.29. The quantitative estimate of drug-likeness (QED) is 0.573. The van der Waals surface area contributed by atoms with E-state index in [2.05, 4.69) is 76.6 Å². The Labute approximate surface area is 167 Å². The number of aromatic nitrogens is 3. The first-order valence-corrected chi connectivity index (χ1v) is 9.53. The molecule has 0 atom stereocenters. The summed E-state index contributed by atoms with van der Waals surface area (Å²) in [5.74, 6) is 1.38. The molecule has 2 aromatic heterocycles. The molecule has 0 saturated carbocycles. The van der Waals surface area contributed by atoms with Gasteiger partial charge in [0.1, 0.15) is 5.82 Å². The van der Waals surface area contributed by atoms with Gasteiger partial charge in [-0.3, -0.25) is 4.98 Å². The highest BCUT2D eigenvalue weighted by Crippen LogP contribution is 2.24. The third-order valence-corrected chi connectivity index (χ3v) is 4.24. The van der Waals surface area contributed by atoms with Crippen molar-refractivity contribution in [2.24, 2.45) is 0 Å². The largest absolute Gasteiger partial charge is 0.354 e. The number of nitrogens with one attached hydrogen (secondary N) is 2. The van der Waals surface area contributed by atoms with Crippen LogP contribution in [0.5, 0.6) is 0 Å². The maximum Gasteiger partial charge on any atom is 0.225 e. The Morgan fingerprint density at radius 1 is 1.00 bits per heavy atom. The van der Waals surface area contributed by atoms with Crippen molar-refractivity contribution in [1.82, 2.24) is 19.9 Å². The fourth-order valence-electron chi connectivity index (χ4n) is 3.04. The third-order valence-electron chi connectivity index (χ3n) is 4.24. The molecule has 1 aromatic carbocycles. The first kappa shape index (κ1) is 19.8. The fourth-order valence-corrected chi connectivity index (χ4v) is 3.04. The number of aryl methyl sites for hydroxylation is 2. The summed E-state index contributed by atoms with van der Waals surface area (Å²) >= 11 is 0. The van der Waals surface area contributed by atoms with Gasteiger partial charge in [-0.1, -0.05) is 6.07 Å². The van der Waals surface area contributed by atoms with Crippen molar-refractivity contribution in [1.29, 1.82) is 0 Å². The molecule has 0 amide bonds. The van der Waals surface area contributed by atoms with Gasteiger partial charge in [0.25, 0.3) is 0 Å². The van der Waals surface area contributed by atoms with Crippen LogP contribution in [0, 0.1) is 13.8 Å². The van der Waals surface area contributed by atoms with E-state index < -0.39 is 0 Å². The molecule has 0 bridgehead atoms. The van der Waals surface area contributed by atoms with Gasteiger partial charge in [-0.2, -0.15) is 4.98 Å². The minimum Gasteiger partial charge on any atom is -0.354 e. The zero-order valence-corrected chi connectivity index (χ0v) is 17.0. The van der Waals surface area contributed by atoms with Crippen LogP contribution in [0.3, 0.4) is 0 Å². The SMILES string of the molecule is Cc1cc(C)cc(Nc2cc(-c3cccnc3)nc(NCCCN(C)C)n2)c1. The van der Waals surface area contributed by atoms with Crippen LogP contribution in [0.25, 0.3) is 11.3 Å². The second-order valence-corrected chi connectivity index (χ2v) is 7.29. The Morgan fingerprint density at radius 3 is 2.46 bits per heavy atom. The van der Waals surface area contributed by atoms with Crippen molar-refractivity contribution in [2.75, 3.05) is 37.8 Å². The van der Waals surface area contributed by atoms with Crippen molar-refractivity contribution in [2.45, 2.75) is 20.3 Å². The average Bonchev–Trinajstić information content (AvgIpc) is 2.65. The van der Waals surface area contributed by atoms with Crippen LogP contribution in [0.15, 0.2) is 48.8 Å². The van der Waals surface area contributed by atoms with Crippen molar-refractivity contribution >= 4 is 17.5 Å². The highest BCUT2D eigenvalue weighted by atomic mass is 15.1. The number of benzene rings is 1. The molecular formula is C22H28N6. The Bertz CT molecular complexity index is 888. The summed E-state index contributed by atoms with van der Waals surface area (Å²) in [6.45, 7) is 6.02. The second kappa shape index (κ2) is 9.28. The van der Waals surface area contributed by atoms with E-state index >= 15 is 0 Å². The van der Waals surface area contributed by atoms with Crippen LogP contribution in [-0.4, -0.2) is 47.0 Å². The highest BCUT2D eigenvalue weighted by Gasteiger charge is 2.08. The van der Waals surface area contributed by atoms with Gasteiger partial charge in [0, 0.05) is 36.3 Å². The minimum atomic E-state index is 0.618. The van der Waals surface area contributed by atoms with E-state index in [-0.39, 0.29) is 0 Å². The number of rotatable bonds is 8. The van der Waals surface area contributed by atoms with Gasteiger partial charge in [-0.25, -0.2) is 4.98 Å². The highest BCUT2D eigenvalue weighted by molar-refractivity contribution is 5.67. The predicted molar refractivity (Wildman–Crippen MR) is 116 cm³/mol. The molecule has 28 heavy (non-hydrogen) atoms. The lowest BCUT2D eigenvalue weighted by Gasteiger charge is -2.13. The molecule has 0 aliphatic rings. The van der Waals surface area contributed by atoms with E-state index in [1.165, 1.54) is 11.1 Å². The topological polar surface area (TPSA) is 66.0 Å². The van der Waals surface area contributed by atoms with E-state index in [0.717, 1.165) is 42.3 Å². The molecule has 6 nitrogen and oxygen atoms in total. The lowest BCUT2D eigenvalue weighted by molar-refractivity contribution is 0.405. The summed E-state index contributed by atoms with van der Waals surface area (Å²) in [7, 11) is 4.15. The summed E-state index contributed by atoms with van der Waals surface area (Å²) in [4.78, 5) is 15.7. The molecule has 0 aliphatic carbocycles. The molecule has 0 spiro atoms. The van der Waals surface area contributed by atoms with Crippen molar-refractivity contribution < 1.29 is 0 Å². The van der Waals surface area contributed by atoms with Crippen molar-refractivity contribution in [3.05, 3.63) is 59.9 Å². The summed E-state index contributed by atoms with van der Waals surface area (Å²) in [6.07, 6.45) is 4.60. The van der Waals surface area contributed by atoms with E-state index in [4.69, 9.17) is 0 Å². The van der Waals surface area contributed by atoms with Crippen LogP contribution in [0.1, 0.15) is 17.5 Å². The van der Waals surface area contributed by atoms with Gasteiger partial charge in [0.15, 0.2) is 0 Å². The zero-order valence-electron chi connectivity index (χ0n) is 17.0. The lowest BCUT2D eigenvalue weighted by Crippen LogP contribution is -2.17. The summed E-state index contributed by atoms with van der Waals surface area (Å²) in [5, 5.41) is 6.77. The molecule has 0 radical (unpaired) electrons. The van der Waals surface area contributed by atoms with Crippen LogP contribution in [0.4, 0.5) is 17.5 Å². The molecule has 0 saturated heterocycles. The molecule has 3 aromatic rings. The van der Waals surface area contributed by atoms with E-state index in [0.29, 0.717) is 5.95 Å². The summed E-state index contributed by atoms with van der Waals surface area (Å²) in [6, 6.07) is 12.3. The standard InChI is InChI=1S/C22H28N6/c1-16-11-17(2)13-19(12-16)25-21-14-20(18-7-5-8-23-15-18)26-22(27-21)24-9-6-10-28(3)4/h5,7-8,11-15H,6,9-10H2,1-4H3,(H2,24,25,26,27). The van der Waals surface area contributed by atoms with Crippen LogP contribution < -0.4 is 10.6 Å². The number of hydrogen-bond acceptors (Lipinski definition) is 6. The zero-order chi connectivity index (χ0) is 19.9. The number of pyridine rings is 1. The van der Waals surface area contributed by atoms with Crippen molar-refractivity contribution in [3.63, 3.8) is 0 Å². The van der Waals surface area contributed by atoms with Gasteiger partial charge in [-0.15, -0.1) is 0 Å². The molecule has 0 unspecified atom stereocenters. The molecule has 146 valence electrons. The predicted octanol–water partition coefficient (Wildman–Crippen LogP) is 4.26. The lowest BCUT2D eigenvalue weighted by atomic mass is 10.1. The molecule has 3 rings (SSSR count). The Morgan fingerprint density at radius 2 is 1.79 bits per heavy atom. The molecular weight excluding hydrogens is 348 g/mol. The Hall–Kier alpha value is -2.99. The Kier molecular flexibility index (Phi) is 6.55. The first-order valence-electron chi connectivity index (χ1n) is 9.53. The molecule has 0 fully saturated rings. The van der Waals surface area contributed by atoms with E-state index in [9.17, 15) is 0 Å². The number of nitrogens with zero attached hydrogens (tertiary/aromatic N) is 4. The Balaban J connectivity index is 1.86. The molecule has 0 aliphatic heterocycles. The number of hydrogen-bond donors (Lipinski definition) is 2. The van der Waals surface area contributed by atoms with Crippen LogP contribution in [0.2, 0.25) is 0 Å². The third kappa shape index (κ3) is 5.76. The molecule has 2 N–H and O–H groups in total. The number of anilines is 3. The molecule has 2 heterocycles. The van der Waals surface area contributed by atoms with Crippen LogP contribution in [-0.2, 0) is 0 Å². The summed E-state index contributed by atoms with van der Waals surface area (Å²) in [5.41, 5.74) is 5.25. The maximum atomic E-state index is 4.68. The van der Waals surface area contributed by atoms with Gasteiger partial charge in [0.2, 0.25) is 5.95 Å². The monoisotopic (exact) mass is 376 g/mol. The minimum absolute atomic E-state index is 0.618.